The molecule has 0 spiro atoms. The molecule has 5 heterocycles. The molecule has 404 valence electrons. The number of rotatable bonds is 15. The predicted molar refractivity (Wildman–Crippen MR) is 277 cm³/mol. The average Bonchev–Trinajstić information content (AvgIpc) is 3.95. The van der Waals surface area contributed by atoms with Crippen molar-refractivity contribution < 1.29 is 51.3 Å². The summed E-state index contributed by atoms with van der Waals surface area (Å²) in [5, 5.41) is 19.5. The zero-order chi connectivity index (χ0) is 53.6. The van der Waals surface area contributed by atoms with E-state index < -0.39 is 64.3 Å². The van der Waals surface area contributed by atoms with Gasteiger partial charge in [0, 0.05) is 85.8 Å². The quantitative estimate of drug-likeness (QED) is 0.0743. The number of nitrogens with one attached hydrogen (secondary N) is 2. The molecule has 5 N–H and O–H groups in total. The molecule has 4 fully saturated rings. The maximum atomic E-state index is 16.5. The SMILES string of the molecule is C[C@H]1c2c(cc(F)c(Cl)c2-c2c(C(N)=O)ccc(OCCO)c2F)O[C@]1(CNC1CCC(C(=O)N2CCC(CCN3CCC(c4c(F)cc5c(N6CCC(=O)NC6=O)nn(C)c5c4F)CC3)CC2)CC1)c1ccccc1. The molecule has 2 atom stereocenters. The van der Waals surface area contributed by atoms with Crippen molar-refractivity contribution in [3.63, 3.8) is 0 Å². The number of carbonyl (C=O) groups excluding carboxylic acids is 4. The third-order valence-corrected chi connectivity index (χ3v) is 17.1. The standard InChI is InChI=1S/C56H63ClF4N8O7/c1-31-44-42(29-40(59)48(57)47(44)46-37(52(62)72)12-13-41(49(46)60)75-27-26-70)76-56(31,35-6-4-3-5-7-35)30-63-36-10-8-34(9-11-36)54(73)68-23-15-32(16-24-68)14-20-67-21-17-33(18-22-67)45-39(58)28-38-51(50(45)61)66(2)65-53(38)69-25-19-43(71)64-55(69)74/h3-7,12-13,28-29,31-34,36,63,70H,8-11,14-27,30H2,1-2H3,(H2,62,72)(H,64,71,74)/t31-,34?,36?,56-/m0/s1. The highest BCUT2D eigenvalue weighted by Gasteiger charge is 2.50. The van der Waals surface area contributed by atoms with Gasteiger partial charge in [0.05, 0.1) is 22.6 Å². The molecule has 1 aromatic heterocycles. The molecule has 0 radical (unpaired) electrons. The Morgan fingerprint density at radius 2 is 1.63 bits per heavy atom. The number of nitrogens with two attached hydrogens (primary N) is 1. The lowest BCUT2D eigenvalue weighted by molar-refractivity contribution is -0.138. The lowest BCUT2D eigenvalue weighted by Gasteiger charge is -2.39. The molecule has 0 bridgehead atoms. The zero-order valence-corrected chi connectivity index (χ0v) is 43.4. The first-order valence-electron chi connectivity index (χ1n) is 26.4. The Bertz CT molecular complexity index is 3050. The van der Waals surface area contributed by atoms with Gasteiger partial charge in [0.25, 0.3) is 0 Å². The monoisotopic (exact) mass is 1070 g/mol. The summed E-state index contributed by atoms with van der Waals surface area (Å²) in [6.45, 7) is 5.31. The van der Waals surface area contributed by atoms with Crippen LogP contribution in [0.25, 0.3) is 22.0 Å². The largest absolute Gasteiger partial charge is 0.488 e. The van der Waals surface area contributed by atoms with Gasteiger partial charge in [-0.1, -0.05) is 48.9 Å². The number of likely N-dealkylation sites (tertiary alicyclic amines) is 2. The van der Waals surface area contributed by atoms with Gasteiger partial charge >= 0.3 is 6.03 Å². The Morgan fingerprint density at radius 1 is 0.908 bits per heavy atom. The summed E-state index contributed by atoms with van der Waals surface area (Å²) in [4.78, 5) is 56.6. The maximum absolute atomic E-state index is 16.5. The number of hydrogen-bond acceptors (Lipinski definition) is 10. The van der Waals surface area contributed by atoms with Gasteiger partial charge in [0.2, 0.25) is 17.7 Å². The molecule has 1 saturated carbocycles. The number of urea groups is 1. The van der Waals surface area contributed by atoms with Gasteiger partial charge in [-0.15, -0.1) is 0 Å². The average molecular weight is 1070 g/mol. The zero-order valence-electron chi connectivity index (χ0n) is 42.6. The van der Waals surface area contributed by atoms with Crippen LogP contribution in [0.2, 0.25) is 5.02 Å². The van der Waals surface area contributed by atoms with Crippen molar-refractivity contribution in [1.29, 1.82) is 0 Å². The number of benzene rings is 4. The van der Waals surface area contributed by atoms with E-state index in [0.717, 1.165) is 44.2 Å². The van der Waals surface area contributed by atoms with Crippen LogP contribution in [0.5, 0.6) is 11.5 Å². The second-order valence-electron chi connectivity index (χ2n) is 21.1. The van der Waals surface area contributed by atoms with Gasteiger partial charge in [-0.2, -0.15) is 5.10 Å². The van der Waals surface area contributed by atoms with Crippen molar-refractivity contribution in [2.45, 2.75) is 94.6 Å². The third kappa shape index (κ3) is 9.99. The fraction of sp³-hybridized carbons (Fsp3) is 0.482. The minimum atomic E-state index is -1.13. The van der Waals surface area contributed by atoms with E-state index in [1.807, 2.05) is 42.2 Å². The normalized spacial score (nSPS) is 22.7. The number of carbonyl (C=O) groups is 4. The number of hydrogen-bond donors (Lipinski definition) is 4. The summed E-state index contributed by atoms with van der Waals surface area (Å²) >= 11 is 6.72. The number of primary amides is 1. The summed E-state index contributed by atoms with van der Waals surface area (Å²) in [6.07, 6.45) is 6.97. The number of nitrogens with zero attached hydrogens (tertiary/aromatic N) is 5. The van der Waals surface area contributed by atoms with Crippen LogP contribution in [-0.2, 0) is 22.2 Å². The Balaban J connectivity index is 0.722. The first kappa shape index (κ1) is 53.1. The molecule has 15 nitrogen and oxygen atoms in total. The molecule has 76 heavy (non-hydrogen) atoms. The van der Waals surface area contributed by atoms with Crippen molar-refractivity contribution in [2.75, 3.05) is 63.9 Å². The molecule has 4 aliphatic heterocycles. The lowest BCUT2D eigenvalue weighted by Crippen LogP contribution is -2.49. The Labute approximate surface area is 443 Å². The summed E-state index contributed by atoms with van der Waals surface area (Å²) in [5.74, 6) is -4.89. The number of aryl methyl sites for hydroxylation is 1. The van der Waals surface area contributed by atoms with E-state index in [4.69, 9.17) is 26.8 Å². The van der Waals surface area contributed by atoms with E-state index in [1.165, 1.54) is 33.8 Å². The number of fused-ring (bicyclic) bond motifs is 2. The Hall–Kier alpha value is -6.28. The van der Waals surface area contributed by atoms with Gasteiger partial charge in [-0.25, -0.2) is 22.4 Å². The van der Waals surface area contributed by atoms with E-state index >= 15 is 17.6 Å². The highest BCUT2D eigenvalue weighted by Crippen LogP contribution is 2.57. The highest BCUT2D eigenvalue weighted by molar-refractivity contribution is 6.34. The first-order chi connectivity index (χ1) is 36.6. The molecular formula is C56H63ClF4N8O7. The second kappa shape index (κ2) is 22.0. The van der Waals surface area contributed by atoms with E-state index in [9.17, 15) is 24.3 Å². The number of piperidine rings is 2. The van der Waals surface area contributed by atoms with Crippen LogP contribution in [0.1, 0.15) is 110 Å². The van der Waals surface area contributed by atoms with Gasteiger partial charge in [-0.05, 0) is 113 Å². The van der Waals surface area contributed by atoms with Crippen LogP contribution in [0.3, 0.4) is 0 Å². The number of aliphatic hydroxyl groups excluding tert-OH is 1. The summed E-state index contributed by atoms with van der Waals surface area (Å²) < 4.78 is 77.9. The third-order valence-electron chi connectivity index (χ3n) is 16.7. The van der Waals surface area contributed by atoms with Crippen molar-refractivity contribution in [2.24, 2.45) is 24.6 Å². The molecule has 5 amide bonds. The molecule has 4 aromatic carbocycles. The van der Waals surface area contributed by atoms with Crippen molar-refractivity contribution in [1.82, 2.24) is 30.2 Å². The second-order valence-corrected chi connectivity index (χ2v) is 21.4. The van der Waals surface area contributed by atoms with Crippen LogP contribution in [0.15, 0.2) is 54.6 Å². The topological polar surface area (TPSA) is 185 Å². The number of halogens is 5. The highest BCUT2D eigenvalue weighted by atomic mass is 35.5. The number of anilines is 1. The van der Waals surface area contributed by atoms with Crippen LogP contribution >= 0.6 is 11.6 Å². The van der Waals surface area contributed by atoms with Gasteiger partial charge in [-0.3, -0.25) is 29.3 Å². The molecule has 10 rings (SSSR count). The van der Waals surface area contributed by atoms with Crippen molar-refractivity contribution in [3.05, 3.63) is 105 Å². The van der Waals surface area contributed by atoms with E-state index in [2.05, 4.69) is 20.6 Å². The molecule has 3 saturated heterocycles. The van der Waals surface area contributed by atoms with E-state index in [1.54, 1.807) is 7.05 Å². The van der Waals surface area contributed by atoms with Crippen LogP contribution in [-0.4, -0.2) is 114 Å². The molecule has 5 aromatic rings. The first-order valence-corrected chi connectivity index (χ1v) is 26.8. The summed E-state index contributed by atoms with van der Waals surface area (Å²) in [5.41, 5.74) is 5.37. The number of imide groups is 1. The van der Waals surface area contributed by atoms with Crippen LogP contribution in [0, 0.1) is 35.1 Å². The Morgan fingerprint density at radius 3 is 2.32 bits per heavy atom. The van der Waals surface area contributed by atoms with Gasteiger partial charge in [0.15, 0.2) is 28.8 Å². The molecule has 5 aliphatic rings. The smallest absolute Gasteiger partial charge is 0.329 e. The number of amides is 5. The fourth-order valence-electron chi connectivity index (χ4n) is 12.5. The van der Waals surface area contributed by atoms with Crippen molar-refractivity contribution >= 4 is 52.1 Å². The number of ether oxygens (including phenoxy) is 2. The van der Waals surface area contributed by atoms with Crippen LogP contribution < -0.4 is 30.7 Å². The maximum Gasteiger partial charge on any atom is 0.329 e. The minimum Gasteiger partial charge on any atom is -0.488 e. The predicted octanol–water partition coefficient (Wildman–Crippen LogP) is 8.41. The number of aliphatic hydroxyl groups is 1. The summed E-state index contributed by atoms with van der Waals surface area (Å²) in [6, 6.07) is 13.8. The molecule has 1 aliphatic carbocycles. The lowest BCUT2D eigenvalue weighted by atomic mass is 9.77. The van der Waals surface area contributed by atoms with Gasteiger partial charge < -0.3 is 35.4 Å². The Kier molecular flexibility index (Phi) is 15.4. The van der Waals surface area contributed by atoms with Gasteiger partial charge in [0.1, 0.15) is 29.5 Å². The summed E-state index contributed by atoms with van der Waals surface area (Å²) in [7, 11) is 1.56. The number of aromatic nitrogens is 2. The minimum absolute atomic E-state index is 0.0419. The van der Waals surface area contributed by atoms with Crippen LogP contribution in [0.4, 0.5) is 28.2 Å². The molecule has 0 unspecified atom stereocenters. The van der Waals surface area contributed by atoms with E-state index in [-0.39, 0.29) is 100 Å². The van der Waals surface area contributed by atoms with E-state index in [0.29, 0.717) is 63.3 Å². The molecular weight excluding hydrogens is 1010 g/mol. The van der Waals surface area contributed by atoms with Crippen molar-refractivity contribution in [3.8, 4) is 22.6 Å². The molecule has 20 heteroatoms. The fourth-order valence-corrected chi connectivity index (χ4v) is 12.8.